The smallest absolute Gasteiger partial charge is 0.340 e. The van der Waals surface area contributed by atoms with Gasteiger partial charge in [0, 0.05) is 45.8 Å². The summed E-state index contributed by atoms with van der Waals surface area (Å²) in [7, 11) is 0. The molecule has 238 valence electrons. The quantitative estimate of drug-likeness (QED) is 0.147. The predicted molar refractivity (Wildman–Crippen MR) is 174 cm³/mol. The molecule has 0 saturated heterocycles. The van der Waals surface area contributed by atoms with Gasteiger partial charge in [-0.25, -0.2) is 4.79 Å². The van der Waals surface area contributed by atoms with E-state index in [0.29, 0.717) is 44.9 Å². The molecule has 5 rings (SSSR count). The van der Waals surface area contributed by atoms with Crippen LogP contribution in [0.4, 0.5) is 0 Å². The Hall–Kier alpha value is -3.39. The van der Waals surface area contributed by atoms with Gasteiger partial charge in [0.25, 0.3) is 5.91 Å². The van der Waals surface area contributed by atoms with Crippen LogP contribution in [0.3, 0.4) is 0 Å². The number of hydrogen-bond donors (Lipinski definition) is 2. The van der Waals surface area contributed by atoms with Crippen LogP contribution in [0.5, 0.6) is 5.75 Å². The highest BCUT2D eigenvalue weighted by Gasteiger charge is 2.57. The topological polar surface area (TPSA) is 102 Å². The lowest BCUT2D eigenvalue weighted by Gasteiger charge is -2.45. The van der Waals surface area contributed by atoms with Gasteiger partial charge in [-0.15, -0.1) is 0 Å². The first kappa shape index (κ1) is 33.0. The summed E-state index contributed by atoms with van der Waals surface area (Å²) in [6.07, 6.45) is 3.32. The van der Waals surface area contributed by atoms with E-state index in [2.05, 4.69) is 5.32 Å². The third-order valence-corrected chi connectivity index (χ3v) is 9.62. The van der Waals surface area contributed by atoms with E-state index in [-0.39, 0.29) is 23.3 Å². The monoisotopic (exact) mass is 651 g/mol. The van der Waals surface area contributed by atoms with Gasteiger partial charge in [-0.3, -0.25) is 9.59 Å². The Labute approximate surface area is 274 Å². The number of carbonyl (C=O) groups is 3. The van der Waals surface area contributed by atoms with E-state index in [1.54, 1.807) is 51.1 Å². The van der Waals surface area contributed by atoms with E-state index < -0.39 is 28.4 Å². The summed E-state index contributed by atoms with van der Waals surface area (Å²) in [5.74, 6) is -1.05. The Morgan fingerprint density at radius 1 is 0.911 bits per heavy atom. The lowest BCUT2D eigenvalue weighted by atomic mass is 9.61. The highest BCUT2D eigenvalue weighted by Crippen LogP contribution is 2.60. The molecule has 7 nitrogen and oxygen atoms in total. The van der Waals surface area contributed by atoms with Crippen molar-refractivity contribution in [1.82, 2.24) is 5.32 Å². The van der Waals surface area contributed by atoms with Gasteiger partial charge in [-0.05, 0) is 81.5 Å². The standard InChI is InChI=1S/C36H39Cl2NO6/c1-20-11-14-23-27(29(20)37)35(5,6)28-24(15-16-26(30(28)38)44-33(43)34(2,3)4)36(23)25-19-21(12-13-22(25)32(42)45-36)31(41)39-17-9-7-8-10-18-40/h11-16,19,40H,7-10,17-18H2,1-6H3,(H,39,41). The van der Waals surface area contributed by atoms with Crippen molar-refractivity contribution in [2.45, 2.75) is 78.2 Å². The molecule has 1 amide bonds. The fourth-order valence-electron chi connectivity index (χ4n) is 6.35. The minimum absolute atomic E-state index is 0.160. The molecule has 1 unspecified atom stereocenters. The SMILES string of the molecule is Cc1ccc2c(c1Cl)C(C)(C)c1c(ccc(OC(=O)C(C)(C)C)c1Cl)C21OC(=O)c2ccc(C(=O)NCCCCCCO)cc21. The summed E-state index contributed by atoms with van der Waals surface area (Å²) in [6, 6.07) is 12.2. The largest absolute Gasteiger partial charge is 0.441 e. The Balaban J connectivity index is 1.69. The maximum absolute atomic E-state index is 13.6. The minimum Gasteiger partial charge on any atom is -0.441 e. The molecule has 1 spiro atoms. The van der Waals surface area contributed by atoms with Crippen LogP contribution in [0.25, 0.3) is 0 Å². The highest BCUT2D eigenvalue weighted by atomic mass is 35.5. The van der Waals surface area contributed by atoms with Crippen molar-refractivity contribution in [1.29, 1.82) is 0 Å². The molecule has 3 aromatic carbocycles. The molecule has 0 bridgehead atoms. The summed E-state index contributed by atoms with van der Waals surface area (Å²) in [6.45, 7) is 11.8. The Kier molecular flexibility index (Phi) is 8.86. The van der Waals surface area contributed by atoms with Gasteiger partial charge < -0.3 is 19.9 Å². The fraction of sp³-hybridized carbons (Fsp3) is 0.417. The van der Waals surface area contributed by atoms with Crippen molar-refractivity contribution in [2.75, 3.05) is 13.2 Å². The third-order valence-electron chi connectivity index (χ3n) is 8.76. The summed E-state index contributed by atoms with van der Waals surface area (Å²) in [5, 5.41) is 12.7. The van der Waals surface area contributed by atoms with Gasteiger partial charge in [-0.1, -0.05) is 68.1 Å². The number of ether oxygens (including phenoxy) is 2. The second-order valence-electron chi connectivity index (χ2n) is 13.4. The van der Waals surface area contributed by atoms with Crippen molar-refractivity contribution in [3.63, 3.8) is 0 Å². The zero-order chi connectivity index (χ0) is 32.9. The first-order valence-corrected chi connectivity index (χ1v) is 16.0. The van der Waals surface area contributed by atoms with Crippen LogP contribution >= 0.6 is 23.2 Å². The van der Waals surface area contributed by atoms with Crippen LogP contribution < -0.4 is 10.1 Å². The number of amides is 1. The van der Waals surface area contributed by atoms with Gasteiger partial charge in [0.2, 0.25) is 0 Å². The first-order valence-electron chi connectivity index (χ1n) is 15.3. The van der Waals surface area contributed by atoms with Crippen LogP contribution in [0.15, 0.2) is 42.5 Å². The molecule has 1 atom stereocenters. The molecule has 1 heterocycles. The molecule has 2 aliphatic rings. The van der Waals surface area contributed by atoms with E-state index in [4.69, 9.17) is 37.8 Å². The number of aryl methyl sites for hydroxylation is 1. The molecule has 1 aliphatic heterocycles. The highest BCUT2D eigenvalue weighted by molar-refractivity contribution is 6.34. The van der Waals surface area contributed by atoms with Crippen LogP contribution in [0.2, 0.25) is 10.0 Å². The van der Waals surface area contributed by atoms with Crippen LogP contribution in [-0.4, -0.2) is 36.1 Å². The first-order chi connectivity index (χ1) is 21.2. The zero-order valence-electron chi connectivity index (χ0n) is 26.5. The third kappa shape index (κ3) is 5.53. The minimum atomic E-state index is -1.46. The van der Waals surface area contributed by atoms with Crippen molar-refractivity contribution in [3.05, 3.63) is 97.0 Å². The lowest BCUT2D eigenvalue weighted by molar-refractivity contribution is -0.143. The van der Waals surface area contributed by atoms with Crippen LogP contribution in [0, 0.1) is 12.3 Å². The number of halogens is 2. The Morgan fingerprint density at radius 3 is 2.22 bits per heavy atom. The van der Waals surface area contributed by atoms with Gasteiger partial charge in [0.1, 0.15) is 5.75 Å². The van der Waals surface area contributed by atoms with Gasteiger partial charge in [0.05, 0.1) is 16.0 Å². The van der Waals surface area contributed by atoms with E-state index in [0.717, 1.165) is 36.8 Å². The average molecular weight is 653 g/mol. The number of unbranched alkanes of at least 4 members (excludes halogenated alkanes) is 3. The maximum atomic E-state index is 13.6. The summed E-state index contributed by atoms with van der Waals surface area (Å²) in [5.41, 5.74) is 1.69. The maximum Gasteiger partial charge on any atom is 0.340 e. The number of rotatable bonds is 8. The van der Waals surface area contributed by atoms with Crippen molar-refractivity contribution < 1.29 is 29.0 Å². The van der Waals surface area contributed by atoms with Gasteiger partial charge in [0.15, 0.2) is 5.60 Å². The molecule has 0 aromatic heterocycles. The lowest BCUT2D eigenvalue weighted by Crippen LogP contribution is -2.42. The van der Waals surface area contributed by atoms with Crippen LogP contribution in [-0.2, 0) is 20.5 Å². The van der Waals surface area contributed by atoms with Gasteiger partial charge in [-0.2, -0.15) is 0 Å². The summed E-state index contributed by atoms with van der Waals surface area (Å²) >= 11 is 14.2. The molecule has 3 aromatic rings. The second-order valence-corrected chi connectivity index (χ2v) is 14.2. The molecule has 2 N–H and O–H groups in total. The summed E-state index contributed by atoms with van der Waals surface area (Å²) in [4.78, 5) is 39.8. The Morgan fingerprint density at radius 2 is 1.56 bits per heavy atom. The number of carbonyl (C=O) groups excluding carboxylic acids is 3. The number of esters is 2. The van der Waals surface area contributed by atoms with Gasteiger partial charge >= 0.3 is 11.9 Å². The zero-order valence-corrected chi connectivity index (χ0v) is 28.0. The molecule has 1 aliphatic carbocycles. The number of nitrogens with one attached hydrogen (secondary N) is 1. The number of aliphatic hydroxyl groups is 1. The fourth-order valence-corrected chi connectivity index (χ4v) is 7.19. The molecule has 9 heteroatoms. The molecule has 0 radical (unpaired) electrons. The molecule has 45 heavy (non-hydrogen) atoms. The van der Waals surface area contributed by atoms with E-state index in [1.807, 2.05) is 32.9 Å². The van der Waals surface area contributed by atoms with Crippen LogP contribution in [0.1, 0.15) is 114 Å². The molecule has 0 fully saturated rings. The summed E-state index contributed by atoms with van der Waals surface area (Å²) < 4.78 is 12.2. The molecule has 0 saturated carbocycles. The van der Waals surface area contributed by atoms with E-state index >= 15 is 0 Å². The number of aliphatic hydroxyl groups excluding tert-OH is 1. The number of benzene rings is 3. The van der Waals surface area contributed by atoms with E-state index in [1.165, 1.54) is 0 Å². The second kappa shape index (κ2) is 12.1. The average Bonchev–Trinajstić information content (AvgIpc) is 3.27. The molecular formula is C36H39Cl2NO6. The normalized spacial score (nSPS) is 17.8. The van der Waals surface area contributed by atoms with Crippen molar-refractivity contribution in [2.24, 2.45) is 5.41 Å². The number of fused-ring (bicyclic) bond motifs is 6. The predicted octanol–water partition coefficient (Wildman–Crippen LogP) is 7.64. The van der Waals surface area contributed by atoms with Crippen molar-refractivity contribution in [3.8, 4) is 5.75 Å². The number of hydrogen-bond acceptors (Lipinski definition) is 6. The Bertz CT molecular complexity index is 1710. The van der Waals surface area contributed by atoms with Crippen molar-refractivity contribution >= 4 is 41.0 Å². The van der Waals surface area contributed by atoms with E-state index in [9.17, 15) is 14.4 Å². The molecular weight excluding hydrogens is 613 g/mol.